The summed E-state index contributed by atoms with van der Waals surface area (Å²) in [6.45, 7) is 7.24. The molecule has 1 fully saturated rings. The minimum atomic E-state index is -0.263. The second-order valence-corrected chi connectivity index (χ2v) is 4.45. The number of hydrogen-bond acceptors (Lipinski definition) is 4. The number of methoxy groups -OCH3 is 1. The Morgan fingerprint density at radius 2 is 2.29 bits per heavy atom. The van der Waals surface area contributed by atoms with Gasteiger partial charge in [0.1, 0.15) is 0 Å². The van der Waals surface area contributed by atoms with Crippen molar-refractivity contribution in [2.45, 2.75) is 26.4 Å². The first kappa shape index (κ1) is 14.2. The Kier molecular flexibility index (Phi) is 6.22. The molecule has 1 aliphatic heterocycles. The summed E-state index contributed by atoms with van der Waals surface area (Å²) in [6, 6.07) is 0. The second-order valence-electron chi connectivity index (χ2n) is 4.45. The van der Waals surface area contributed by atoms with Crippen molar-refractivity contribution in [3.63, 3.8) is 0 Å². The smallest absolute Gasteiger partial charge is 0.330 e. The van der Waals surface area contributed by atoms with E-state index in [1.807, 2.05) is 6.08 Å². The van der Waals surface area contributed by atoms with Crippen LogP contribution in [-0.4, -0.2) is 50.3 Å². The zero-order chi connectivity index (χ0) is 12.7. The molecule has 1 aliphatic rings. The molecule has 0 aromatic heterocycles. The van der Waals surface area contributed by atoms with Gasteiger partial charge in [-0.2, -0.15) is 0 Å². The van der Waals surface area contributed by atoms with Crippen LogP contribution in [0.5, 0.6) is 0 Å². The van der Waals surface area contributed by atoms with Crippen molar-refractivity contribution in [3.8, 4) is 0 Å². The summed E-state index contributed by atoms with van der Waals surface area (Å²) in [4.78, 5) is 13.4. The van der Waals surface area contributed by atoms with E-state index < -0.39 is 0 Å². The maximum atomic E-state index is 11.1. The van der Waals surface area contributed by atoms with Crippen LogP contribution in [0.2, 0.25) is 0 Å². The highest BCUT2D eigenvalue weighted by Gasteiger charge is 2.24. The molecule has 0 radical (unpaired) electrons. The van der Waals surface area contributed by atoms with E-state index in [1.165, 1.54) is 6.08 Å². The Morgan fingerprint density at radius 1 is 1.53 bits per heavy atom. The normalized spacial score (nSPS) is 26.3. The molecule has 1 heterocycles. The van der Waals surface area contributed by atoms with Crippen LogP contribution in [0.25, 0.3) is 0 Å². The number of ether oxygens (including phenoxy) is 2. The topological polar surface area (TPSA) is 38.8 Å². The number of rotatable bonds is 5. The Labute approximate surface area is 104 Å². The van der Waals surface area contributed by atoms with Crippen LogP contribution in [0, 0.1) is 5.92 Å². The SMILES string of the molecule is CCOC(=O)/C=C/CN1CCC(C)C(OC)C1. The van der Waals surface area contributed by atoms with Crippen molar-refractivity contribution in [1.29, 1.82) is 0 Å². The number of carbonyl (C=O) groups excluding carboxylic acids is 1. The molecule has 0 aliphatic carbocycles. The van der Waals surface area contributed by atoms with Gasteiger partial charge in [0, 0.05) is 26.3 Å². The molecule has 1 saturated heterocycles. The van der Waals surface area contributed by atoms with Crippen molar-refractivity contribution >= 4 is 5.97 Å². The first-order chi connectivity index (χ1) is 8.17. The van der Waals surface area contributed by atoms with E-state index >= 15 is 0 Å². The van der Waals surface area contributed by atoms with Gasteiger partial charge in [-0.1, -0.05) is 13.0 Å². The maximum absolute atomic E-state index is 11.1. The van der Waals surface area contributed by atoms with Crippen LogP contribution >= 0.6 is 0 Å². The van der Waals surface area contributed by atoms with Gasteiger partial charge < -0.3 is 9.47 Å². The van der Waals surface area contributed by atoms with Gasteiger partial charge >= 0.3 is 5.97 Å². The summed E-state index contributed by atoms with van der Waals surface area (Å²) in [5.41, 5.74) is 0. The molecule has 4 heteroatoms. The van der Waals surface area contributed by atoms with E-state index in [1.54, 1.807) is 14.0 Å². The molecular weight excluding hydrogens is 218 g/mol. The minimum absolute atomic E-state index is 0.263. The van der Waals surface area contributed by atoms with Gasteiger partial charge in [0.2, 0.25) is 0 Å². The Hall–Kier alpha value is -0.870. The number of hydrogen-bond donors (Lipinski definition) is 0. The quantitative estimate of drug-likeness (QED) is 0.539. The summed E-state index contributed by atoms with van der Waals surface area (Å²) in [6.07, 6.45) is 4.82. The molecule has 0 saturated carbocycles. The number of piperidine rings is 1. The van der Waals surface area contributed by atoms with Gasteiger partial charge in [-0.3, -0.25) is 4.90 Å². The molecular formula is C13H23NO3. The number of carbonyl (C=O) groups is 1. The predicted octanol–water partition coefficient (Wildman–Crippen LogP) is 1.46. The van der Waals surface area contributed by atoms with Gasteiger partial charge in [0.15, 0.2) is 0 Å². The van der Waals surface area contributed by atoms with E-state index in [0.717, 1.165) is 26.1 Å². The molecule has 2 unspecified atom stereocenters. The lowest BCUT2D eigenvalue weighted by Crippen LogP contribution is -2.43. The first-order valence-electron chi connectivity index (χ1n) is 6.25. The lowest BCUT2D eigenvalue weighted by atomic mass is 9.96. The molecule has 0 bridgehead atoms. The van der Waals surface area contributed by atoms with Gasteiger partial charge in [0.25, 0.3) is 0 Å². The molecule has 0 amide bonds. The lowest BCUT2D eigenvalue weighted by Gasteiger charge is -2.35. The molecule has 0 N–H and O–H groups in total. The highest BCUT2D eigenvalue weighted by Crippen LogP contribution is 2.18. The number of likely N-dealkylation sites (tertiary alicyclic amines) is 1. The highest BCUT2D eigenvalue weighted by molar-refractivity contribution is 5.81. The van der Waals surface area contributed by atoms with Crippen molar-refractivity contribution in [3.05, 3.63) is 12.2 Å². The summed E-state index contributed by atoms with van der Waals surface area (Å²) < 4.78 is 10.3. The average molecular weight is 241 g/mol. The Morgan fingerprint density at radius 3 is 2.94 bits per heavy atom. The zero-order valence-corrected chi connectivity index (χ0v) is 11.0. The highest BCUT2D eigenvalue weighted by atomic mass is 16.5. The second kappa shape index (κ2) is 7.45. The first-order valence-corrected chi connectivity index (χ1v) is 6.25. The maximum Gasteiger partial charge on any atom is 0.330 e. The molecule has 17 heavy (non-hydrogen) atoms. The Bertz CT molecular complexity index is 265. The van der Waals surface area contributed by atoms with E-state index in [9.17, 15) is 4.79 Å². The van der Waals surface area contributed by atoms with Crippen molar-refractivity contribution in [2.75, 3.05) is 33.4 Å². The van der Waals surface area contributed by atoms with Gasteiger partial charge in [-0.25, -0.2) is 4.79 Å². The van der Waals surface area contributed by atoms with Gasteiger partial charge in [-0.05, 0) is 25.8 Å². The van der Waals surface area contributed by atoms with E-state index in [2.05, 4.69) is 11.8 Å². The summed E-state index contributed by atoms with van der Waals surface area (Å²) in [5.74, 6) is 0.353. The van der Waals surface area contributed by atoms with E-state index in [4.69, 9.17) is 9.47 Å². The molecule has 0 aromatic rings. The van der Waals surface area contributed by atoms with Crippen LogP contribution in [0.3, 0.4) is 0 Å². The number of nitrogens with zero attached hydrogens (tertiary/aromatic N) is 1. The summed E-state index contributed by atoms with van der Waals surface area (Å²) >= 11 is 0. The van der Waals surface area contributed by atoms with Crippen LogP contribution in [0.15, 0.2) is 12.2 Å². The zero-order valence-electron chi connectivity index (χ0n) is 11.0. The molecule has 0 spiro atoms. The van der Waals surface area contributed by atoms with Crippen molar-refractivity contribution in [2.24, 2.45) is 5.92 Å². The van der Waals surface area contributed by atoms with Gasteiger partial charge in [-0.15, -0.1) is 0 Å². The lowest BCUT2D eigenvalue weighted by molar-refractivity contribution is -0.137. The van der Waals surface area contributed by atoms with E-state index in [-0.39, 0.29) is 5.97 Å². The predicted molar refractivity (Wildman–Crippen MR) is 66.8 cm³/mol. The van der Waals surface area contributed by atoms with Crippen LogP contribution in [-0.2, 0) is 14.3 Å². The van der Waals surface area contributed by atoms with E-state index in [0.29, 0.717) is 18.6 Å². The van der Waals surface area contributed by atoms with Crippen molar-refractivity contribution < 1.29 is 14.3 Å². The fourth-order valence-corrected chi connectivity index (χ4v) is 2.06. The van der Waals surface area contributed by atoms with Crippen molar-refractivity contribution in [1.82, 2.24) is 4.90 Å². The minimum Gasteiger partial charge on any atom is -0.463 e. The monoisotopic (exact) mass is 241 g/mol. The molecule has 2 atom stereocenters. The van der Waals surface area contributed by atoms with Crippen LogP contribution in [0.4, 0.5) is 0 Å². The molecule has 0 aromatic carbocycles. The fourth-order valence-electron chi connectivity index (χ4n) is 2.06. The molecule has 4 nitrogen and oxygen atoms in total. The third kappa shape index (κ3) is 4.88. The van der Waals surface area contributed by atoms with Crippen LogP contribution in [0.1, 0.15) is 20.3 Å². The third-order valence-corrected chi connectivity index (χ3v) is 3.18. The largest absolute Gasteiger partial charge is 0.463 e. The fraction of sp³-hybridized carbons (Fsp3) is 0.769. The average Bonchev–Trinajstić information content (AvgIpc) is 2.31. The Balaban J connectivity index is 2.30. The molecule has 1 rings (SSSR count). The summed E-state index contributed by atoms with van der Waals surface area (Å²) in [5, 5.41) is 0. The standard InChI is InChI=1S/C13H23NO3/c1-4-17-13(15)6-5-8-14-9-7-11(2)12(10-14)16-3/h5-6,11-12H,4,7-10H2,1-3H3/b6-5+. The van der Waals surface area contributed by atoms with Gasteiger partial charge in [0.05, 0.1) is 12.7 Å². The van der Waals surface area contributed by atoms with Crippen LogP contribution < -0.4 is 0 Å². The summed E-state index contributed by atoms with van der Waals surface area (Å²) in [7, 11) is 1.76. The number of esters is 1. The third-order valence-electron chi connectivity index (χ3n) is 3.18. The molecule has 98 valence electrons.